The Labute approximate surface area is 340 Å². The fourth-order valence-corrected chi connectivity index (χ4v) is 12.5. The van der Waals surface area contributed by atoms with Gasteiger partial charge in [0.15, 0.2) is 0 Å². The van der Waals surface area contributed by atoms with Gasteiger partial charge in [0, 0.05) is 36.5 Å². The Morgan fingerprint density at radius 3 is 1.69 bits per heavy atom. The van der Waals surface area contributed by atoms with Gasteiger partial charge in [0.1, 0.15) is 0 Å². The highest BCUT2D eigenvalue weighted by Gasteiger charge is 2.54. The summed E-state index contributed by atoms with van der Waals surface area (Å²) in [5.74, 6) is 5.18. The quantitative estimate of drug-likeness (QED) is 0.271. The molecule has 10 aliphatic rings. The molecule has 0 spiro atoms. The monoisotopic (exact) mass is 759 g/mol. The highest BCUT2D eigenvalue weighted by atomic mass is 16.2. The SMILES string of the molecule is C.CC.CC.CC.CC.CC12CC3CC(C1)C(N)C(C3)C2.CC12CC3CC(C1)C(NC(=O)N1CCCc4ccccc41)C(C3)C2.c1ccc2c(c1)CCCN2. The van der Waals surface area contributed by atoms with E-state index in [1.165, 1.54) is 93.9 Å². The molecular weight excluding hydrogens is 673 g/mol. The Bertz CT molecular complexity index is 1370. The van der Waals surface area contributed by atoms with Crippen molar-refractivity contribution >= 4 is 17.4 Å². The van der Waals surface area contributed by atoms with Crippen LogP contribution in [0, 0.1) is 46.3 Å². The predicted octanol–water partition coefficient (Wildman–Crippen LogP) is 13.3. The molecule has 8 saturated carbocycles. The molecule has 4 N–H and O–H groups in total. The minimum absolute atomic E-state index is 0. The smallest absolute Gasteiger partial charge is 0.322 e. The zero-order valence-corrected chi connectivity index (χ0v) is 36.5. The Kier molecular flexibility index (Phi) is 18.6. The van der Waals surface area contributed by atoms with Gasteiger partial charge in [0.2, 0.25) is 0 Å². The van der Waals surface area contributed by atoms with E-state index < -0.39 is 0 Å². The summed E-state index contributed by atoms with van der Waals surface area (Å²) in [5, 5.41) is 6.84. The standard InChI is InChI=1S/C21H28N2O.C11H19N.C9H11N.4C2H6.CH4/c1-21-11-14-9-16(12-21)19(17(10-14)13-21)22-20(24)23-8-4-6-15-5-2-3-7-18(15)23;1-11-4-7-2-8(5-11)10(12)9(3-7)6-11;1-2-6-9-8(4-1)5-3-7-10-9;4*1-2;/h2-3,5,7,14,16-17,19H,4,6,8-13H2,1H3,(H,22,24);7-10H,2-6,12H2,1H3;1-2,4,6,10H,3,5,7H2;4*1-2H3;1H4. The number of amides is 2. The van der Waals surface area contributed by atoms with E-state index >= 15 is 0 Å². The molecule has 12 rings (SSSR count). The van der Waals surface area contributed by atoms with Crippen LogP contribution in [0.15, 0.2) is 48.5 Å². The van der Waals surface area contributed by atoms with Crippen LogP contribution in [0.3, 0.4) is 0 Å². The number of carbonyl (C=O) groups is 1. The number of aryl methyl sites for hydroxylation is 2. The van der Waals surface area contributed by atoms with Gasteiger partial charge in [-0.25, -0.2) is 4.79 Å². The van der Waals surface area contributed by atoms with Crippen molar-refractivity contribution in [1.82, 2.24) is 5.32 Å². The minimum atomic E-state index is 0. The van der Waals surface area contributed by atoms with Crippen molar-refractivity contribution in [3.05, 3.63) is 59.7 Å². The van der Waals surface area contributed by atoms with Crippen molar-refractivity contribution in [1.29, 1.82) is 0 Å². The summed E-state index contributed by atoms with van der Waals surface area (Å²) in [6.07, 6.45) is 18.7. The molecule has 312 valence electrons. The normalized spacial score (nSPS) is 34.2. The minimum Gasteiger partial charge on any atom is -0.385 e. The maximum Gasteiger partial charge on any atom is 0.322 e. The van der Waals surface area contributed by atoms with E-state index in [1.54, 1.807) is 0 Å². The van der Waals surface area contributed by atoms with Gasteiger partial charge in [0.25, 0.3) is 0 Å². The molecule has 8 fully saturated rings. The van der Waals surface area contributed by atoms with Gasteiger partial charge in [-0.15, -0.1) is 0 Å². The number of nitrogens with zero attached hydrogens (tertiary/aromatic N) is 1. The second-order valence-corrected chi connectivity index (χ2v) is 17.7. The van der Waals surface area contributed by atoms with E-state index in [0.717, 1.165) is 55.3 Å². The van der Waals surface area contributed by atoms with E-state index in [1.807, 2.05) is 66.4 Å². The molecular formula is C50H86N4O. The molecule has 8 bridgehead atoms. The topological polar surface area (TPSA) is 70.4 Å². The van der Waals surface area contributed by atoms with E-state index in [-0.39, 0.29) is 13.5 Å². The van der Waals surface area contributed by atoms with Crippen molar-refractivity contribution in [3.63, 3.8) is 0 Å². The Morgan fingerprint density at radius 2 is 1.15 bits per heavy atom. The van der Waals surface area contributed by atoms with Crippen LogP contribution in [0.1, 0.15) is 165 Å². The van der Waals surface area contributed by atoms with E-state index in [4.69, 9.17) is 5.73 Å². The Morgan fingerprint density at radius 1 is 0.673 bits per heavy atom. The molecule has 0 aromatic heterocycles. The molecule has 55 heavy (non-hydrogen) atoms. The van der Waals surface area contributed by atoms with Crippen molar-refractivity contribution in [2.24, 2.45) is 52.1 Å². The summed E-state index contributed by atoms with van der Waals surface area (Å²) in [5.41, 5.74) is 12.7. The summed E-state index contributed by atoms with van der Waals surface area (Å²) in [7, 11) is 0. The lowest BCUT2D eigenvalue weighted by Gasteiger charge is -2.59. The number of nitrogens with one attached hydrogen (secondary N) is 2. The van der Waals surface area contributed by atoms with Gasteiger partial charge in [-0.1, -0.05) is 113 Å². The lowest BCUT2D eigenvalue weighted by atomic mass is 9.48. The molecule has 2 aromatic rings. The number of rotatable bonds is 1. The Hall–Kier alpha value is -2.53. The molecule has 8 aliphatic carbocycles. The van der Waals surface area contributed by atoms with E-state index in [9.17, 15) is 4.79 Å². The molecule has 2 aromatic carbocycles. The third kappa shape index (κ3) is 11.1. The van der Waals surface area contributed by atoms with Crippen molar-refractivity contribution in [2.45, 2.75) is 179 Å². The summed E-state index contributed by atoms with van der Waals surface area (Å²) >= 11 is 0. The van der Waals surface area contributed by atoms with Crippen LogP contribution in [0.5, 0.6) is 0 Å². The lowest BCUT2D eigenvalue weighted by molar-refractivity contribution is -0.0629. The molecule has 5 heteroatoms. The maximum absolute atomic E-state index is 13.0. The van der Waals surface area contributed by atoms with Crippen LogP contribution in [0.2, 0.25) is 0 Å². The van der Waals surface area contributed by atoms with Crippen LogP contribution < -0.4 is 21.3 Å². The van der Waals surface area contributed by atoms with Crippen molar-refractivity contribution < 1.29 is 4.79 Å². The second kappa shape index (κ2) is 21.8. The van der Waals surface area contributed by atoms with Crippen molar-refractivity contribution in [2.75, 3.05) is 23.3 Å². The molecule has 2 aliphatic heterocycles. The fraction of sp³-hybridized carbons (Fsp3) is 0.740. The van der Waals surface area contributed by atoms with Gasteiger partial charge in [-0.05, 0) is 159 Å². The maximum atomic E-state index is 13.0. The molecule has 2 amide bonds. The number of fused-ring (bicyclic) bond motifs is 2. The third-order valence-electron chi connectivity index (χ3n) is 13.8. The first-order valence-electron chi connectivity index (χ1n) is 23.0. The average Bonchev–Trinajstić information content (AvgIpc) is 3.20. The summed E-state index contributed by atoms with van der Waals surface area (Å²) in [6, 6.07) is 18.0. The number of urea groups is 1. The summed E-state index contributed by atoms with van der Waals surface area (Å²) in [4.78, 5) is 15.0. The molecule has 0 radical (unpaired) electrons. The van der Waals surface area contributed by atoms with Crippen LogP contribution in [-0.4, -0.2) is 31.2 Å². The number of hydrogen-bond donors (Lipinski definition) is 3. The predicted molar refractivity (Wildman–Crippen MR) is 241 cm³/mol. The number of hydrogen-bond acceptors (Lipinski definition) is 3. The van der Waals surface area contributed by atoms with Crippen LogP contribution in [0.4, 0.5) is 16.2 Å². The Balaban J connectivity index is 0.000000221. The van der Waals surface area contributed by atoms with Gasteiger partial charge in [-0.3, -0.25) is 4.90 Å². The van der Waals surface area contributed by atoms with Gasteiger partial charge < -0.3 is 16.4 Å². The number of nitrogens with two attached hydrogens (primary N) is 1. The largest absolute Gasteiger partial charge is 0.385 e. The molecule has 2 heterocycles. The number of carbonyl (C=O) groups excluding carboxylic acids is 1. The van der Waals surface area contributed by atoms with E-state index in [2.05, 4.69) is 66.9 Å². The van der Waals surface area contributed by atoms with E-state index in [0.29, 0.717) is 34.7 Å². The summed E-state index contributed by atoms with van der Waals surface area (Å²) < 4.78 is 0. The highest BCUT2D eigenvalue weighted by Crippen LogP contribution is 2.60. The molecule has 5 nitrogen and oxygen atoms in total. The molecule has 0 saturated heterocycles. The first-order valence-corrected chi connectivity index (χ1v) is 23.0. The third-order valence-corrected chi connectivity index (χ3v) is 13.8. The van der Waals surface area contributed by atoms with Crippen LogP contribution in [0.25, 0.3) is 0 Å². The second-order valence-electron chi connectivity index (χ2n) is 17.7. The zero-order chi connectivity index (χ0) is 39.5. The van der Waals surface area contributed by atoms with Crippen LogP contribution >= 0.6 is 0 Å². The van der Waals surface area contributed by atoms with Gasteiger partial charge in [-0.2, -0.15) is 0 Å². The number of anilines is 2. The highest BCUT2D eigenvalue weighted by molar-refractivity contribution is 5.93. The lowest BCUT2D eigenvalue weighted by Crippen LogP contribution is -2.60. The van der Waals surface area contributed by atoms with Crippen LogP contribution in [-0.2, 0) is 12.8 Å². The first-order chi connectivity index (χ1) is 26.2. The van der Waals surface area contributed by atoms with Gasteiger partial charge in [0.05, 0.1) is 0 Å². The fourth-order valence-electron chi connectivity index (χ4n) is 12.5. The molecule has 4 atom stereocenters. The summed E-state index contributed by atoms with van der Waals surface area (Å²) in [6.45, 7) is 23.0. The van der Waals surface area contributed by atoms with Crippen molar-refractivity contribution in [3.8, 4) is 0 Å². The molecule has 4 unspecified atom stereocenters. The van der Waals surface area contributed by atoms with Gasteiger partial charge >= 0.3 is 6.03 Å². The average molecular weight is 759 g/mol. The number of benzene rings is 2. The number of para-hydroxylation sites is 2. The first kappa shape index (κ1) is 46.8. The zero-order valence-electron chi connectivity index (χ0n) is 36.5.